The van der Waals surface area contributed by atoms with Crippen molar-refractivity contribution in [2.45, 2.75) is 26.0 Å². The Kier molecular flexibility index (Phi) is 5.34. The summed E-state index contributed by atoms with van der Waals surface area (Å²) in [5, 5.41) is 14.7. The molecule has 0 radical (unpaired) electrons. The highest BCUT2D eigenvalue weighted by Gasteiger charge is 2.34. The molecule has 12 heteroatoms. The number of aromatic amines is 1. The van der Waals surface area contributed by atoms with Gasteiger partial charge in [0.05, 0.1) is 29.3 Å². The molecule has 0 aliphatic carbocycles. The van der Waals surface area contributed by atoms with E-state index in [4.69, 9.17) is 16.3 Å². The number of tetrazole rings is 1. The fourth-order valence-corrected chi connectivity index (χ4v) is 5.66. The third-order valence-electron chi connectivity index (χ3n) is 7.25. The van der Waals surface area contributed by atoms with Crippen molar-refractivity contribution in [2.75, 3.05) is 5.32 Å². The van der Waals surface area contributed by atoms with Gasteiger partial charge in [-0.15, -0.1) is 5.10 Å². The molecular weight excluding hydrogens is 520 g/mol. The number of fused-ring (bicyclic) bond motifs is 2. The molecule has 39 heavy (non-hydrogen) atoms. The highest BCUT2D eigenvalue weighted by atomic mass is 35.5. The molecule has 2 aliphatic rings. The van der Waals surface area contributed by atoms with Gasteiger partial charge >= 0.3 is 6.09 Å². The van der Waals surface area contributed by atoms with Crippen LogP contribution in [0.4, 0.5) is 10.5 Å². The zero-order valence-electron chi connectivity index (χ0n) is 20.6. The number of halogens is 1. The van der Waals surface area contributed by atoms with Gasteiger partial charge in [0, 0.05) is 33.5 Å². The van der Waals surface area contributed by atoms with Crippen LogP contribution < -0.4 is 10.9 Å². The first-order valence-corrected chi connectivity index (χ1v) is 12.7. The predicted octanol–water partition coefficient (Wildman–Crippen LogP) is 4.38. The molecule has 5 heterocycles. The maximum atomic E-state index is 13.6. The van der Waals surface area contributed by atoms with Crippen LogP contribution in [0.15, 0.2) is 65.8 Å². The van der Waals surface area contributed by atoms with Crippen LogP contribution in [0.2, 0.25) is 5.02 Å². The Morgan fingerprint density at radius 3 is 2.82 bits per heavy atom. The number of H-pyrrole nitrogens is 1. The molecule has 5 aromatic rings. The molecule has 0 fully saturated rings. The fourth-order valence-electron chi connectivity index (χ4n) is 5.49. The van der Waals surface area contributed by atoms with Crippen LogP contribution in [0, 0.1) is 5.92 Å². The van der Waals surface area contributed by atoms with E-state index in [9.17, 15) is 9.59 Å². The summed E-state index contributed by atoms with van der Waals surface area (Å²) in [6.07, 6.45) is 3.53. The molecule has 3 aromatic heterocycles. The van der Waals surface area contributed by atoms with Crippen molar-refractivity contribution in [3.05, 3.63) is 93.5 Å². The Hall–Kier alpha value is -4.77. The first-order valence-electron chi connectivity index (χ1n) is 12.4. The summed E-state index contributed by atoms with van der Waals surface area (Å²) in [6, 6.07) is 14.5. The number of carbonyl (C=O) groups is 1. The quantitative estimate of drug-likeness (QED) is 0.345. The fraction of sp³-hybridized carbons (Fsp3) is 0.185. The van der Waals surface area contributed by atoms with E-state index in [0.717, 1.165) is 45.0 Å². The maximum absolute atomic E-state index is 13.6. The van der Waals surface area contributed by atoms with Gasteiger partial charge in [0.25, 0.3) is 5.56 Å². The number of carbonyl (C=O) groups excluding carboxylic acids is 1. The number of anilines is 1. The molecule has 0 saturated heterocycles. The summed E-state index contributed by atoms with van der Waals surface area (Å²) in [5.41, 5.74) is 6.37. The van der Waals surface area contributed by atoms with Gasteiger partial charge in [0.15, 0.2) is 0 Å². The van der Waals surface area contributed by atoms with E-state index in [-0.39, 0.29) is 24.1 Å². The molecule has 2 aromatic carbocycles. The van der Waals surface area contributed by atoms with Gasteiger partial charge in [-0.25, -0.2) is 9.78 Å². The molecule has 11 nitrogen and oxygen atoms in total. The number of cyclic esters (lactones) is 1. The van der Waals surface area contributed by atoms with E-state index < -0.39 is 6.09 Å². The second-order valence-electron chi connectivity index (χ2n) is 9.74. The minimum atomic E-state index is -0.455. The number of nitrogens with zero attached hydrogens (tertiary/aromatic N) is 6. The molecule has 2 N–H and O–H groups in total. The lowest BCUT2D eigenvalue weighted by Gasteiger charge is -2.18. The molecule has 0 unspecified atom stereocenters. The second kappa shape index (κ2) is 8.91. The molecule has 194 valence electrons. The number of hydrogen-bond acceptors (Lipinski definition) is 7. The summed E-state index contributed by atoms with van der Waals surface area (Å²) in [6.45, 7) is 2.33. The zero-order valence-corrected chi connectivity index (χ0v) is 21.4. The van der Waals surface area contributed by atoms with Crippen LogP contribution in [0.25, 0.3) is 28.1 Å². The van der Waals surface area contributed by atoms with Crippen molar-refractivity contribution in [3.63, 3.8) is 0 Å². The van der Waals surface area contributed by atoms with Crippen LogP contribution in [-0.2, 0) is 17.8 Å². The third kappa shape index (κ3) is 3.98. The number of hydrogen-bond donors (Lipinski definition) is 2. The number of rotatable bonds is 4. The first-order chi connectivity index (χ1) is 18.9. The minimum absolute atomic E-state index is 0.126. The van der Waals surface area contributed by atoms with Crippen molar-refractivity contribution in [3.8, 4) is 28.1 Å². The topological polar surface area (TPSA) is 133 Å². The standard InChI is InChI=1S/C27H21ClN8O3/c1-14-6-19-8-16(20-10-18(28)3-5-23(20)35-13-30-33-34-35)9-24(37)36(19)25(14)26-29-11-22(31-26)15-2-4-21-17(7-15)12-39-27(38)32-21/h2-5,7-11,13-14,25H,6,12H2,1H3,(H,29,31)(H,32,38)/t14-,25-/m0/s1. The summed E-state index contributed by atoms with van der Waals surface area (Å²) in [5.74, 6) is 0.850. The monoisotopic (exact) mass is 540 g/mol. The number of imidazole rings is 1. The van der Waals surface area contributed by atoms with Crippen molar-refractivity contribution >= 4 is 23.4 Å². The highest BCUT2D eigenvalue weighted by molar-refractivity contribution is 6.31. The molecule has 0 spiro atoms. The summed E-state index contributed by atoms with van der Waals surface area (Å²) in [4.78, 5) is 33.2. The van der Waals surface area contributed by atoms with Crippen molar-refractivity contribution in [1.29, 1.82) is 0 Å². The van der Waals surface area contributed by atoms with Crippen LogP contribution in [0.3, 0.4) is 0 Å². The van der Waals surface area contributed by atoms with Gasteiger partial charge in [-0.05, 0) is 64.7 Å². The van der Waals surface area contributed by atoms with Crippen molar-refractivity contribution in [2.24, 2.45) is 5.92 Å². The van der Waals surface area contributed by atoms with Crippen LogP contribution in [-0.4, -0.2) is 40.8 Å². The van der Waals surface area contributed by atoms with Gasteiger partial charge in [0.2, 0.25) is 0 Å². The van der Waals surface area contributed by atoms with Gasteiger partial charge in [0.1, 0.15) is 18.8 Å². The normalized spacial score (nSPS) is 17.8. The van der Waals surface area contributed by atoms with Gasteiger partial charge in [-0.2, -0.15) is 4.68 Å². The lowest BCUT2D eigenvalue weighted by Crippen LogP contribution is -2.25. The SMILES string of the molecule is C[C@H]1Cc2cc(-c3cc(Cl)ccc3-n3cnnn3)cc(=O)n2[C@@H]1c1ncc(-c2ccc3c(c2)COC(=O)N3)[nH]1. The van der Waals surface area contributed by atoms with Gasteiger partial charge in [-0.3, -0.25) is 10.1 Å². The molecule has 0 saturated carbocycles. The van der Waals surface area contributed by atoms with Crippen LogP contribution in [0.1, 0.15) is 30.0 Å². The Bertz CT molecular complexity index is 1810. The van der Waals surface area contributed by atoms with E-state index in [1.54, 1.807) is 23.0 Å². The van der Waals surface area contributed by atoms with E-state index in [1.165, 1.54) is 6.33 Å². The minimum Gasteiger partial charge on any atom is -0.444 e. The highest BCUT2D eigenvalue weighted by Crippen LogP contribution is 2.37. The van der Waals surface area contributed by atoms with Crippen LogP contribution in [0.5, 0.6) is 0 Å². The number of ether oxygens (including phenoxy) is 1. The third-order valence-corrected chi connectivity index (χ3v) is 7.48. The molecular formula is C27H21ClN8O3. The Morgan fingerprint density at radius 2 is 1.97 bits per heavy atom. The number of nitrogens with one attached hydrogen (secondary N) is 2. The summed E-state index contributed by atoms with van der Waals surface area (Å²) in [7, 11) is 0. The maximum Gasteiger partial charge on any atom is 0.411 e. The Labute approximate surface area is 226 Å². The first kappa shape index (κ1) is 23.4. The lowest BCUT2D eigenvalue weighted by atomic mass is 10.00. The molecule has 2 atom stereocenters. The summed E-state index contributed by atoms with van der Waals surface area (Å²) >= 11 is 6.33. The average Bonchev–Trinajstić information content (AvgIpc) is 3.68. The van der Waals surface area contributed by atoms with E-state index in [2.05, 4.69) is 37.7 Å². The van der Waals surface area contributed by atoms with E-state index in [1.807, 2.05) is 41.0 Å². The number of pyridine rings is 1. The second-order valence-corrected chi connectivity index (χ2v) is 10.2. The number of amides is 1. The zero-order chi connectivity index (χ0) is 26.7. The van der Waals surface area contributed by atoms with E-state index in [0.29, 0.717) is 17.3 Å². The van der Waals surface area contributed by atoms with Crippen LogP contribution >= 0.6 is 11.6 Å². The van der Waals surface area contributed by atoms with Crippen molar-refractivity contribution < 1.29 is 9.53 Å². The van der Waals surface area contributed by atoms with Gasteiger partial charge < -0.3 is 14.3 Å². The molecule has 7 rings (SSSR count). The smallest absolute Gasteiger partial charge is 0.411 e. The van der Waals surface area contributed by atoms with Gasteiger partial charge in [-0.1, -0.05) is 24.6 Å². The lowest BCUT2D eigenvalue weighted by molar-refractivity contribution is 0.151. The molecule has 1 amide bonds. The Morgan fingerprint density at radius 1 is 1.08 bits per heavy atom. The number of aromatic nitrogens is 7. The molecule has 2 aliphatic heterocycles. The Balaban J connectivity index is 1.25. The molecule has 0 bridgehead atoms. The average molecular weight is 541 g/mol. The van der Waals surface area contributed by atoms with E-state index >= 15 is 0 Å². The number of benzene rings is 2. The predicted molar refractivity (Wildman–Crippen MR) is 143 cm³/mol. The largest absolute Gasteiger partial charge is 0.444 e. The van der Waals surface area contributed by atoms with Crippen molar-refractivity contribution in [1.82, 2.24) is 34.7 Å². The summed E-state index contributed by atoms with van der Waals surface area (Å²) < 4.78 is 8.45.